The molecule has 6 nitrogen and oxygen atoms in total. The Morgan fingerprint density at radius 2 is 2.13 bits per heavy atom. The van der Waals surface area contributed by atoms with Crippen LogP contribution in [0.15, 0.2) is 29.4 Å². The molecule has 5 N–H and O–H groups in total. The van der Waals surface area contributed by atoms with E-state index in [0.29, 0.717) is 18.3 Å². The van der Waals surface area contributed by atoms with Gasteiger partial charge in [0, 0.05) is 11.3 Å². The van der Waals surface area contributed by atoms with Gasteiger partial charge >= 0.3 is 18.6 Å². The summed E-state index contributed by atoms with van der Waals surface area (Å²) in [6, 6.07) is 7.43. The summed E-state index contributed by atoms with van der Waals surface area (Å²) in [6.07, 6.45) is 0. The average molecular weight is 248 g/mol. The smallest absolute Gasteiger partial charge is 2.00 e. The van der Waals surface area contributed by atoms with E-state index in [4.69, 9.17) is 10.5 Å². The van der Waals surface area contributed by atoms with Crippen LogP contribution in [0.4, 0.5) is 5.69 Å². The van der Waals surface area contributed by atoms with E-state index in [-0.39, 0.29) is 29.5 Å². The number of nitrogen functional groups attached to an aromatic ring is 1. The Hall–Kier alpha value is -1.21. The van der Waals surface area contributed by atoms with E-state index >= 15 is 0 Å². The van der Waals surface area contributed by atoms with Gasteiger partial charge in [-0.15, -0.1) is 5.10 Å². The van der Waals surface area contributed by atoms with Crippen LogP contribution in [-0.4, -0.2) is 18.1 Å². The van der Waals surface area contributed by atoms with Gasteiger partial charge in [-0.2, -0.15) is 0 Å². The van der Waals surface area contributed by atoms with E-state index in [0.717, 1.165) is 5.56 Å². The van der Waals surface area contributed by atoms with Crippen molar-refractivity contribution >= 4 is 11.6 Å². The monoisotopic (exact) mass is 248 g/mol. The summed E-state index contributed by atoms with van der Waals surface area (Å²) in [6.45, 7) is 0.435. The van der Waals surface area contributed by atoms with Crippen LogP contribution in [0.2, 0.25) is 0 Å². The SMILES string of the molecule is Nc1cccc(C2=NNCO2)c1.O.[O-2].[V+2]. The molecule has 1 aromatic rings. The topological polar surface area (TPSA) is 120 Å². The number of hydrazone groups is 1. The van der Waals surface area contributed by atoms with Crippen molar-refractivity contribution in [3.05, 3.63) is 29.8 Å². The van der Waals surface area contributed by atoms with E-state index < -0.39 is 0 Å². The van der Waals surface area contributed by atoms with Crippen molar-refractivity contribution in [2.24, 2.45) is 5.10 Å². The maximum atomic E-state index is 5.60. The summed E-state index contributed by atoms with van der Waals surface area (Å²) in [5, 5.41) is 3.94. The number of ether oxygens (including phenoxy) is 1. The molecule has 0 saturated heterocycles. The summed E-state index contributed by atoms with van der Waals surface area (Å²) < 4.78 is 5.18. The fourth-order valence-electron chi connectivity index (χ4n) is 1.06. The van der Waals surface area contributed by atoms with Gasteiger partial charge in [-0.1, -0.05) is 6.07 Å². The van der Waals surface area contributed by atoms with Gasteiger partial charge in [0.15, 0.2) is 6.73 Å². The molecule has 0 aromatic heterocycles. The van der Waals surface area contributed by atoms with E-state index in [1.807, 2.05) is 24.3 Å². The molecule has 0 amide bonds. The normalized spacial score (nSPS) is 11.9. The molecule has 0 fully saturated rings. The molecule has 0 spiro atoms. The van der Waals surface area contributed by atoms with Gasteiger partial charge in [0.25, 0.3) is 0 Å². The molecule has 81 valence electrons. The second-order valence-corrected chi connectivity index (χ2v) is 2.49. The predicted octanol–water partition coefficient (Wildman–Crippen LogP) is -0.438. The number of hydrogen-bond acceptors (Lipinski definition) is 4. The van der Waals surface area contributed by atoms with Crippen LogP contribution >= 0.6 is 0 Å². The van der Waals surface area contributed by atoms with E-state index in [2.05, 4.69) is 10.5 Å². The van der Waals surface area contributed by atoms with Gasteiger partial charge in [0.1, 0.15) is 0 Å². The van der Waals surface area contributed by atoms with Crippen LogP contribution in [-0.2, 0) is 28.8 Å². The number of benzene rings is 1. The molecule has 15 heavy (non-hydrogen) atoms. The Kier molecular flexibility index (Phi) is 7.72. The summed E-state index contributed by atoms with van der Waals surface area (Å²) in [7, 11) is 0. The summed E-state index contributed by atoms with van der Waals surface area (Å²) in [4.78, 5) is 0. The van der Waals surface area contributed by atoms with Crippen molar-refractivity contribution in [3.8, 4) is 0 Å². The first-order valence-electron chi connectivity index (χ1n) is 3.65. The fraction of sp³-hybridized carbons (Fsp3) is 0.125. The molecule has 1 aliphatic rings. The van der Waals surface area contributed by atoms with Crippen LogP contribution < -0.4 is 11.2 Å². The first-order chi connectivity index (χ1) is 5.86. The Bertz CT molecular complexity index is 333. The number of nitrogens with two attached hydrogens (primary N) is 1. The Morgan fingerprint density at radius 1 is 1.40 bits per heavy atom. The average Bonchev–Trinajstić information content (AvgIpc) is 2.56. The molecule has 1 aromatic carbocycles. The molecule has 0 atom stereocenters. The zero-order valence-electron chi connectivity index (χ0n) is 7.80. The molecule has 1 radical (unpaired) electrons. The second kappa shape index (κ2) is 7.13. The van der Waals surface area contributed by atoms with Crippen LogP contribution in [0.5, 0.6) is 0 Å². The molecule has 1 heterocycles. The van der Waals surface area contributed by atoms with Gasteiger partial charge in [0.2, 0.25) is 5.90 Å². The summed E-state index contributed by atoms with van der Waals surface area (Å²) >= 11 is 0. The van der Waals surface area contributed by atoms with Crippen LogP contribution in [0.3, 0.4) is 0 Å². The van der Waals surface area contributed by atoms with Gasteiger partial charge in [-0.3, -0.25) is 5.43 Å². The van der Waals surface area contributed by atoms with Crippen molar-refractivity contribution < 1.29 is 34.2 Å². The van der Waals surface area contributed by atoms with Crippen molar-refractivity contribution in [3.63, 3.8) is 0 Å². The number of rotatable bonds is 1. The maximum Gasteiger partial charge on any atom is 2.00 e. The zero-order chi connectivity index (χ0) is 8.39. The van der Waals surface area contributed by atoms with E-state index in [1.165, 1.54) is 0 Å². The van der Waals surface area contributed by atoms with Crippen molar-refractivity contribution in [2.75, 3.05) is 12.5 Å². The molecular weight excluding hydrogens is 237 g/mol. The van der Waals surface area contributed by atoms with Gasteiger partial charge in [-0.05, 0) is 18.2 Å². The zero-order valence-corrected chi connectivity index (χ0v) is 9.20. The number of hydrogen-bond donors (Lipinski definition) is 2. The summed E-state index contributed by atoms with van der Waals surface area (Å²) in [5.74, 6) is 0.599. The van der Waals surface area contributed by atoms with Gasteiger partial charge in [-0.25, -0.2) is 0 Å². The Labute approximate surface area is 99.0 Å². The van der Waals surface area contributed by atoms with Crippen LogP contribution in [0, 0.1) is 0 Å². The minimum Gasteiger partial charge on any atom is -2.00 e. The number of nitrogens with zero attached hydrogens (tertiary/aromatic N) is 1. The number of nitrogens with one attached hydrogen (secondary N) is 1. The molecule has 7 heteroatoms. The minimum absolute atomic E-state index is 0. The molecule has 0 aliphatic carbocycles. The Balaban J connectivity index is 0. The standard InChI is InChI=1S/C8H9N3O.H2O.O.V/c9-7-3-1-2-6(4-7)8-11-10-5-12-8;;;/h1-4,10H,5,9H2;1H2;;/q;;-2;+2. The van der Waals surface area contributed by atoms with Gasteiger partial charge < -0.3 is 21.4 Å². The molecule has 0 unspecified atom stereocenters. The molecule has 1 aliphatic heterocycles. The second-order valence-electron chi connectivity index (χ2n) is 2.49. The third-order valence-electron chi connectivity index (χ3n) is 1.59. The van der Waals surface area contributed by atoms with Gasteiger partial charge in [0.05, 0.1) is 0 Å². The predicted molar refractivity (Wildman–Crippen MR) is 50.8 cm³/mol. The molecule has 0 saturated carbocycles. The van der Waals surface area contributed by atoms with E-state index in [9.17, 15) is 0 Å². The maximum absolute atomic E-state index is 5.60. The quantitative estimate of drug-likeness (QED) is 0.655. The third kappa shape index (κ3) is 3.80. The van der Waals surface area contributed by atoms with Crippen LogP contribution in [0.1, 0.15) is 5.56 Å². The Morgan fingerprint density at radius 3 is 2.67 bits per heavy atom. The fourth-order valence-corrected chi connectivity index (χ4v) is 1.06. The first-order valence-corrected chi connectivity index (χ1v) is 3.65. The molecule has 2 rings (SSSR count). The van der Waals surface area contributed by atoms with Crippen molar-refractivity contribution in [1.29, 1.82) is 0 Å². The van der Waals surface area contributed by atoms with Crippen molar-refractivity contribution in [1.82, 2.24) is 5.43 Å². The largest absolute Gasteiger partial charge is 2.00 e. The molecule has 0 bridgehead atoms. The van der Waals surface area contributed by atoms with Crippen molar-refractivity contribution in [2.45, 2.75) is 0 Å². The third-order valence-corrected chi connectivity index (χ3v) is 1.59. The molecular formula is C8H11N3O3V. The van der Waals surface area contributed by atoms with Crippen LogP contribution in [0.25, 0.3) is 0 Å². The first kappa shape index (κ1) is 16.2. The summed E-state index contributed by atoms with van der Waals surface area (Å²) in [5.41, 5.74) is 9.93. The minimum atomic E-state index is 0. The van der Waals surface area contributed by atoms with E-state index in [1.54, 1.807) is 0 Å². The number of anilines is 1.